The third-order valence-electron chi connectivity index (χ3n) is 3.92. The number of benzene rings is 1. The van der Waals surface area contributed by atoms with Crippen LogP contribution in [0.2, 0.25) is 5.15 Å². The fourth-order valence-electron chi connectivity index (χ4n) is 2.47. The van der Waals surface area contributed by atoms with Crippen LogP contribution in [0.4, 0.5) is 5.69 Å². The molecule has 2 aromatic heterocycles. The van der Waals surface area contributed by atoms with Gasteiger partial charge in [0.25, 0.3) is 10.0 Å². The molecule has 0 aliphatic heterocycles. The van der Waals surface area contributed by atoms with Gasteiger partial charge in [0, 0.05) is 43.9 Å². The van der Waals surface area contributed by atoms with Crippen LogP contribution in [0, 0.1) is 0 Å². The Labute approximate surface area is 156 Å². The second-order valence-corrected chi connectivity index (χ2v) is 8.02. The Balaban J connectivity index is 1.88. The van der Waals surface area contributed by atoms with Crippen LogP contribution < -0.4 is 4.72 Å². The van der Waals surface area contributed by atoms with Crippen LogP contribution in [0.25, 0.3) is 10.9 Å². The summed E-state index contributed by atoms with van der Waals surface area (Å²) < 4.78 is 30.6. The van der Waals surface area contributed by atoms with E-state index in [0.717, 1.165) is 10.9 Å². The molecule has 0 bridgehead atoms. The number of anilines is 1. The molecule has 0 spiro atoms. The SMILES string of the molecule is CN(C)C(=O)Cn1ccc2cc(NS(=O)(=O)c3ncn(C)c3Cl)ccc21. The highest BCUT2D eigenvalue weighted by molar-refractivity contribution is 7.92. The van der Waals surface area contributed by atoms with Crippen molar-refractivity contribution < 1.29 is 13.2 Å². The number of likely N-dealkylation sites (N-methyl/N-ethyl adjacent to an activating group) is 1. The molecule has 3 aromatic rings. The quantitative estimate of drug-likeness (QED) is 0.714. The number of imidazole rings is 1. The third-order valence-corrected chi connectivity index (χ3v) is 5.79. The van der Waals surface area contributed by atoms with Crippen LogP contribution in [0.5, 0.6) is 0 Å². The molecule has 2 heterocycles. The standard InChI is InChI=1S/C16H18ClN5O3S/c1-20(2)14(23)9-22-7-6-11-8-12(4-5-13(11)22)19-26(24,25)16-15(17)21(3)10-18-16/h4-8,10,19H,9H2,1-3H3. The summed E-state index contributed by atoms with van der Waals surface area (Å²) in [5.74, 6) is -0.0305. The number of hydrogen-bond donors (Lipinski definition) is 1. The molecule has 1 aromatic carbocycles. The number of sulfonamides is 1. The number of halogens is 1. The van der Waals surface area contributed by atoms with E-state index in [1.165, 1.54) is 15.8 Å². The highest BCUT2D eigenvalue weighted by atomic mass is 35.5. The highest BCUT2D eigenvalue weighted by Crippen LogP contribution is 2.25. The Morgan fingerprint density at radius 2 is 2.04 bits per heavy atom. The molecule has 3 rings (SSSR count). The van der Waals surface area contributed by atoms with Gasteiger partial charge in [0.15, 0.2) is 0 Å². The minimum absolute atomic E-state index is 0.0305. The molecule has 1 N–H and O–H groups in total. The molecule has 0 aliphatic carbocycles. The molecule has 0 fully saturated rings. The van der Waals surface area contributed by atoms with E-state index in [1.807, 2.05) is 10.6 Å². The normalized spacial score (nSPS) is 11.7. The largest absolute Gasteiger partial charge is 0.347 e. The van der Waals surface area contributed by atoms with E-state index in [2.05, 4.69) is 9.71 Å². The molecule has 10 heteroatoms. The lowest BCUT2D eigenvalue weighted by Crippen LogP contribution is -2.25. The van der Waals surface area contributed by atoms with Gasteiger partial charge in [-0.05, 0) is 24.3 Å². The Morgan fingerprint density at radius 3 is 2.65 bits per heavy atom. The predicted molar refractivity (Wildman–Crippen MR) is 99.7 cm³/mol. The van der Waals surface area contributed by atoms with Crippen molar-refractivity contribution in [2.45, 2.75) is 11.6 Å². The number of aromatic nitrogens is 3. The number of hydrogen-bond acceptors (Lipinski definition) is 4. The van der Waals surface area contributed by atoms with Crippen LogP contribution in [0.3, 0.4) is 0 Å². The number of amides is 1. The summed E-state index contributed by atoms with van der Waals surface area (Å²) in [7, 11) is 1.11. The van der Waals surface area contributed by atoms with Gasteiger partial charge in [-0.2, -0.15) is 8.42 Å². The topological polar surface area (TPSA) is 89.2 Å². The maximum atomic E-state index is 12.5. The molecule has 0 saturated carbocycles. The summed E-state index contributed by atoms with van der Waals surface area (Å²) in [6, 6.07) is 6.91. The summed E-state index contributed by atoms with van der Waals surface area (Å²) in [6.45, 7) is 0.213. The van der Waals surface area contributed by atoms with Crippen molar-refractivity contribution in [1.29, 1.82) is 0 Å². The van der Waals surface area contributed by atoms with Gasteiger partial charge in [0.1, 0.15) is 11.7 Å². The zero-order valence-electron chi connectivity index (χ0n) is 14.5. The van der Waals surface area contributed by atoms with E-state index in [0.29, 0.717) is 5.69 Å². The maximum absolute atomic E-state index is 12.5. The van der Waals surface area contributed by atoms with Crippen LogP contribution >= 0.6 is 11.6 Å². The van der Waals surface area contributed by atoms with Gasteiger partial charge in [-0.3, -0.25) is 9.52 Å². The van der Waals surface area contributed by atoms with Crippen molar-refractivity contribution in [2.75, 3.05) is 18.8 Å². The van der Waals surface area contributed by atoms with Crippen LogP contribution in [0.15, 0.2) is 41.8 Å². The van der Waals surface area contributed by atoms with Crippen molar-refractivity contribution in [3.8, 4) is 0 Å². The van der Waals surface area contributed by atoms with Crippen molar-refractivity contribution in [2.24, 2.45) is 7.05 Å². The van der Waals surface area contributed by atoms with E-state index in [9.17, 15) is 13.2 Å². The minimum Gasteiger partial charge on any atom is -0.347 e. The molecule has 138 valence electrons. The summed E-state index contributed by atoms with van der Waals surface area (Å²) >= 11 is 5.97. The molecule has 0 radical (unpaired) electrons. The predicted octanol–water partition coefficient (Wildman–Crippen LogP) is 1.92. The van der Waals surface area contributed by atoms with Crippen LogP contribution in [-0.4, -0.2) is 47.4 Å². The Kier molecular flexibility index (Phi) is 4.68. The average molecular weight is 396 g/mol. The Bertz CT molecular complexity index is 1080. The molecule has 8 nitrogen and oxygen atoms in total. The van der Waals surface area contributed by atoms with Gasteiger partial charge in [0.2, 0.25) is 10.9 Å². The first-order chi connectivity index (χ1) is 12.2. The molecule has 26 heavy (non-hydrogen) atoms. The maximum Gasteiger partial charge on any atom is 0.282 e. The minimum atomic E-state index is -3.90. The third kappa shape index (κ3) is 3.40. The number of fused-ring (bicyclic) bond motifs is 1. The zero-order valence-corrected chi connectivity index (χ0v) is 16.0. The summed E-state index contributed by atoms with van der Waals surface area (Å²) in [6.07, 6.45) is 3.13. The molecular formula is C16H18ClN5O3S. The average Bonchev–Trinajstić information content (AvgIpc) is 3.11. The Hall–Kier alpha value is -2.52. The monoisotopic (exact) mass is 395 g/mol. The molecule has 0 atom stereocenters. The number of rotatable bonds is 5. The van der Waals surface area contributed by atoms with Crippen molar-refractivity contribution >= 4 is 44.1 Å². The van der Waals surface area contributed by atoms with Gasteiger partial charge in [0.05, 0.1) is 6.33 Å². The molecule has 1 amide bonds. The van der Waals surface area contributed by atoms with E-state index < -0.39 is 10.0 Å². The van der Waals surface area contributed by atoms with Crippen molar-refractivity contribution in [3.63, 3.8) is 0 Å². The molecular weight excluding hydrogens is 378 g/mol. The molecule has 0 aliphatic rings. The molecule has 0 unspecified atom stereocenters. The smallest absolute Gasteiger partial charge is 0.282 e. The van der Waals surface area contributed by atoms with E-state index in [4.69, 9.17) is 11.6 Å². The number of nitrogens with one attached hydrogen (secondary N) is 1. The highest BCUT2D eigenvalue weighted by Gasteiger charge is 2.22. The van der Waals surface area contributed by atoms with Gasteiger partial charge >= 0.3 is 0 Å². The Morgan fingerprint density at radius 1 is 1.31 bits per heavy atom. The summed E-state index contributed by atoms with van der Waals surface area (Å²) in [4.78, 5) is 17.2. The van der Waals surface area contributed by atoms with Gasteiger partial charge in [-0.25, -0.2) is 4.98 Å². The fourth-order valence-corrected chi connectivity index (χ4v) is 3.95. The lowest BCUT2D eigenvalue weighted by Gasteiger charge is -2.12. The lowest BCUT2D eigenvalue weighted by molar-refractivity contribution is -0.129. The second-order valence-electron chi connectivity index (χ2n) is 6.06. The first-order valence-electron chi connectivity index (χ1n) is 7.68. The first kappa shape index (κ1) is 18.3. The van der Waals surface area contributed by atoms with Crippen LogP contribution in [0.1, 0.15) is 0 Å². The number of aryl methyl sites for hydroxylation is 1. The zero-order chi connectivity index (χ0) is 19.1. The van der Waals surface area contributed by atoms with Crippen LogP contribution in [-0.2, 0) is 28.4 Å². The fraction of sp³-hybridized carbons (Fsp3) is 0.250. The number of carbonyl (C=O) groups excluding carboxylic acids is 1. The van der Waals surface area contributed by atoms with E-state index in [-0.39, 0.29) is 22.6 Å². The molecule has 0 saturated heterocycles. The second kappa shape index (κ2) is 6.65. The lowest BCUT2D eigenvalue weighted by atomic mass is 10.2. The van der Waals surface area contributed by atoms with E-state index >= 15 is 0 Å². The van der Waals surface area contributed by atoms with Gasteiger partial charge in [-0.1, -0.05) is 11.6 Å². The van der Waals surface area contributed by atoms with Crippen molar-refractivity contribution in [1.82, 2.24) is 19.0 Å². The van der Waals surface area contributed by atoms with Gasteiger partial charge in [-0.15, -0.1) is 0 Å². The van der Waals surface area contributed by atoms with E-state index in [1.54, 1.807) is 45.5 Å². The number of nitrogens with zero attached hydrogens (tertiary/aromatic N) is 4. The first-order valence-corrected chi connectivity index (χ1v) is 9.54. The number of carbonyl (C=O) groups is 1. The van der Waals surface area contributed by atoms with Gasteiger partial charge < -0.3 is 14.0 Å². The summed E-state index contributed by atoms with van der Waals surface area (Å²) in [5.41, 5.74) is 1.22. The van der Waals surface area contributed by atoms with Crippen molar-refractivity contribution in [3.05, 3.63) is 41.9 Å². The summed E-state index contributed by atoms with van der Waals surface area (Å²) in [5, 5.41) is 0.617.